The van der Waals surface area contributed by atoms with Crippen molar-refractivity contribution in [3.63, 3.8) is 0 Å². The van der Waals surface area contributed by atoms with Gasteiger partial charge in [0, 0.05) is 6.92 Å². The maximum Gasteiger partial charge on any atom is 0.283 e. The largest absolute Gasteiger partial charge is 0.497 e. The molecule has 0 spiro atoms. The van der Waals surface area contributed by atoms with E-state index in [1.165, 1.54) is 6.92 Å². The first-order chi connectivity index (χ1) is 9.13. The minimum absolute atomic E-state index is 0.148. The van der Waals surface area contributed by atoms with Gasteiger partial charge < -0.3 is 9.15 Å². The fourth-order valence-corrected chi connectivity index (χ4v) is 2.38. The Labute approximate surface area is 113 Å². The second kappa shape index (κ2) is 5.50. The summed E-state index contributed by atoms with van der Waals surface area (Å²) in [4.78, 5) is 15.4. The average molecular weight is 274 g/mol. The molecule has 1 aromatic heterocycles. The van der Waals surface area contributed by atoms with Gasteiger partial charge >= 0.3 is 0 Å². The third-order valence-corrected chi connectivity index (χ3v) is 3.26. The van der Waals surface area contributed by atoms with Crippen molar-refractivity contribution >= 4 is 17.2 Å². The summed E-state index contributed by atoms with van der Waals surface area (Å²) in [5.41, 5.74) is 0.816. The number of benzene rings is 1. The molecule has 6 heteroatoms. The highest BCUT2D eigenvalue weighted by Gasteiger charge is 2.12. The molecule has 96 valence electrons. The van der Waals surface area contributed by atoms with Crippen LogP contribution in [0.3, 0.4) is 0 Å². The van der Waals surface area contributed by atoms with Gasteiger partial charge in [-0.3, -0.25) is 4.79 Å². The van der Waals surface area contributed by atoms with Crippen molar-refractivity contribution in [1.82, 2.24) is 0 Å². The van der Waals surface area contributed by atoms with Gasteiger partial charge in [-0.25, -0.2) is 0 Å². The van der Waals surface area contributed by atoms with Crippen LogP contribution >= 0.6 is 11.3 Å². The average Bonchev–Trinajstić information content (AvgIpc) is 2.81. The number of carbonyl (C=O) groups excluding carboxylic acids is 1. The highest BCUT2D eigenvalue weighted by Crippen LogP contribution is 2.28. The van der Waals surface area contributed by atoms with E-state index in [9.17, 15) is 4.79 Å². The van der Waals surface area contributed by atoms with Crippen molar-refractivity contribution in [3.8, 4) is 22.3 Å². The number of hydrogen-bond donors (Lipinski definition) is 0. The zero-order chi connectivity index (χ0) is 13.8. The predicted octanol–water partition coefficient (Wildman–Crippen LogP) is 2.34. The second-order valence-electron chi connectivity index (χ2n) is 3.60. The highest BCUT2D eigenvalue weighted by molar-refractivity contribution is 7.12. The van der Waals surface area contributed by atoms with Gasteiger partial charge in [-0.1, -0.05) is 11.3 Å². The number of hydrogen-bond acceptors (Lipinski definition) is 5. The number of carbonyl (C=O) groups is 1. The topological polar surface area (TPSA) is 75.6 Å². The second-order valence-corrected chi connectivity index (χ2v) is 4.56. The van der Waals surface area contributed by atoms with E-state index in [2.05, 4.69) is 4.99 Å². The predicted molar refractivity (Wildman–Crippen MR) is 69.5 cm³/mol. The smallest absolute Gasteiger partial charge is 0.283 e. The molecule has 0 aliphatic rings. The molecular formula is C13H10N2O3S. The minimum atomic E-state index is -0.365. The lowest BCUT2D eigenvalue weighted by molar-refractivity contribution is -0.116. The third-order valence-electron chi connectivity index (χ3n) is 2.29. The van der Waals surface area contributed by atoms with Gasteiger partial charge in [0.1, 0.15) is 11.8 Å². The van der Waals surface area contributed by atoms with E-state index in [0.717, 1.165) is 22.6 Å². The van der Waals surface area contributed by atoms with Gasteiger partial charge in [-0.2, -0.15) is 10.3 Å². The molecule has 0 aliphatic carbocycles. The summed E-state index contributed by atoms with van der Waals surface area (Å²) in [7, 11) is 1.58. The lowest BCUT2D eigenvalue weighted by Crippen LogP contribution is -1.95. The molecule has 2 rings (SSSR count). The van der Waals surface area contributed by atoms with Gasteiger partial charge in [0.25, 0.3) is 4.87 Å². The normalized spacial score (nSPS) is 11.1. The number of nitrogens with zero attached hydrogens (tertiary/aromatic N) is 2. The summed E-state index contributed by atoms with van der Waals surface area (Å²) in [6, 6.07) is 9.17. The van der Waals surface area contributed by atoms with E-state index in [1.807, 2.05) is 18.2 Å². The molecule has 0 fully saturated rings. The van der Waals surface area contributed by atoms with Gasteiger partial charge in [-0.05, 0) is 29.8 Å². The van der Waals surface area contributed by atoms with Crippen molar-refractivity contribution < 1.29 is 13.9 Å². The maximum atomic E-state index is 10.9. The zero-order valence-electron chi connectivity index (χ0n) is 10.3. The van der Waals surface area contributed by atoms with E-state index in [-0.39, 0.29) is 16.5 Å². The Bertz CT molecular complexity index is 705. The molecule has 1 amide bonds. The lowest BCUT2D eigenvalue weighted by atomic mass is 10.1. The molecule has 0 radical (unpaired) electrons. The zero-order valence-corrected chi connectivity index (χ0v) is 11.2. The van der Waals surface area contributed by atoms with E-state index < -0.39 is 0 Å². The SMILES string of the molecule is COc1ccc(-c2sc(=NC(C)=O)oc2C#N)cc1. The fourth-order valence-electron chi connectivity index (χ4n) is 1.47. The van der Waals surface area contributed by atoms with Gasteiger partial charge in [0.15, 0.2) is 0 Å². The van der Waals surface area contributed by atoms with Crippen LogP contribution in [0.2, 0.25) is 0 Å². The summed E-state index contributed by atoms with van der Waals surface area (Å²) < 4.78 is 10.3. The number of nitriles is 1. The van der Waals surface area contributed by atoms with Crippen LogP contribution in [0, 0.1) is 11.3 Å². The Morgan fingerprint density at radius 1 is 1.42 bits per heavy atom. The summed E-state index contributed by atoms with van der Waals surface area (Å²) in [5, 5.41) is 9.04. The van der Waals surface area contributed by atoms with Crippen molar-refractivity contribution in [2.24, 2.45) is 4.99 Å². The van der Waals surface area contributed by atoms with Crippen LogP contribution in [-0.4, -0.2) is 13.0 Å². The molecule has 0 unspecified atom stereocenters. The molecule has 0 atom stereocenters. The van der Waals surface area contributed by atoms with Crippen LogP contribution < -0.4 is 9.60 Å². The lowest BCUT2D eigenvalue weighted by Gasteiger charge is -2.00. The summed E-state index contributed by atoms with van der Waals surface area (Å²) in [5.74, 6) is 0.510. The van der Waals surface area contributed by atoms with E-state index in [1.54, 1.807) is 19.2 Å². The number of ether oxygens (including phenoxy) is 1. The van der Waals surface area contributed by atoms with E-state index >= 15 is 0 Å². The first-order valence-electron chi connectivity index (χ1n) is 5.38. The van der Waals surface area contributed by atoms with Crippen molar-refractivity contribution in [3.05, 3.63) is 34.9 Å². The van der Waals surface area contributed by atoms with Crippen LogP contribution in [0.1, 0.15) is 12.7 Å². The van der Waals surface area contributed by atoms with Gasteiger partial charge in [-0.15, -0.1) is 0 Å². The fraction of sp³-hybridized carbons (Fsp3) is 0.154. The number of methoxy groups -OCH3 is 1. The quantitative estimate of drug-likeness (QED) is 0.842. The van der Waals surface area contributed by atoms with Crippen LogP contribution in [0.4, 0.5) is 0 Å². The Morgan fingerprint density at radius 3 is 2.63 bits per heavy atom. The maximum absolute atomic E-state index is 10.9. The molecule has 5 nitrogen and oxygen atoms in total. The van der Waals surface area contributed by atoms with Crippen molar-refractivity contribution in [2.45, 2.75) is 6.92 Å². The Hall–Kier alpha value is -2.39. The Balaban J connectivity index is 2.52. The number of amides is 1. The summed E-state index contributed by atoms with van der Waals surface area (Å²) >= 11 is 1.16. The first-order valence-corrected chi connectivity index (χ1v) is 6.19. The number of rotatable bonds is 2. The summed E-state index contributed by atoms with van der Waals surface area (Å²) in [6.45, 7) is 1.33. The highest BCUT2D eigenvalue weighted by atomic mass is 32.1. The molecule has 1 aromatic carbocycles. The van der Waals surface area contributed by atoms with Crippen molar-refractivity contribution in [2.75, 3.05) is 7.11 Å². The molecule has 19 heavy (non-hydrogen) atoms. The third kappa shape index (κ3) is 2.89. The molecule has 0 N–H and O–H groups in total. The molecule has 0 saturated carbocycles. The van der Waals surface area contributed by atoms with Crippen LogP contribution in [-0.2, 0) is 4.79 Å². The van der Waals surface area contributed by atoms with Crippen LogP contribution in [0.25, 0.3) is 10.4 Å². The van der Waals surface area contributed by atoms with E-state index in [0.29, 0.717) is 4.88 Å². The minimum Gasteiger partial charge on any atom is -0.497 e. The monoisotopic (exact) mass is 274 g/mol. The molecule has 1 heterocycles. The molecule has 0 saturated heterocycles. The molecule has 0 aliphatic heterocycles. The van der Waals surface area contributed by atoms with Crippen LogP contribution in [0.15, 0.2) is 33.7 Å². The van der Waals surface area contributed by atoms with Gasteiger partial charge in [0.05, 0.1) is 12.0 Å². The van der Waals surface area contributed by atoms with E-state index in [4.69, 9.17) is 14.4 Å². The Kier molecular flexibility index (Phi) is 3.78. The first kappa shape index (κ1) is 13.1. The molecule has 0 bridgehead atoms. The van der Waals surface area contributed by atoms with Gasteiger partial charge in [0.2, 0.25) is 11.7 Å². The summed E-state index contributed by atoms with van der Waals surface area (Å²) in [6.07, 6.45) is 0. The standard InChI is InChI=1S/C13H10N2O3S/c1-8(16)15-13-18-11(7-14)12(19-13)9-3-5-10(17-2)6-4-9/h3-6H,1-2H3. The Morgan fingerprint density at radius 2 is 2.11 bits per heavy atom. The molecule has 2 aromatic rings. The molecular weight excluding hydrogens is 264 g/mol. The van der Waals surface area contributed by atoms with Crippen LogP contribution in [0.5, 0.6) is 5.75 Å². The van der Waals surface area contributed by atoms with Crippen molar-refractivity contribution in [1.29, 1.82) is 5.26 Å².